The highest BCUT2D eigenvalue weighted by Gasteiger charge is 2.27. The largest absolute Gasteiger partial charge is 0.494 e. The summed E-state index contributed by atoms with van der Waals surface area (Å²) in [7, 11) is 3.16. The number of imidazole rings is 1. The van der Waals surface area contributed by atoms with Crippen LogP contribution in [0.25, 0.3) is 11.3 Å². The molecule has 0 bridgehead atoms. The molecule has 1 aliphatic rings. The number of rotatable bonds is 4. The summed E-state index contributed by atoms with van der Waals surface area (Å²) in [5.74, 6) is 0.698. The highest BCUT2D eigenvalue weighted by molar-refractivity contribution is 5.60. The Kier molecular flexibility index (Phi) is 3.90. The van der Waals surface area contributed by atoms with Crippen LogP contribution in [0, 0.1) is 5.82 Å². The van der Waals surface area contributed by atoms with Crippen LogP contribution in [0.2, 0.25) is 0 Å². The molecule has 0 saturated carbocycles. The fourth-order valence-electron chi connectivity index (χ4n) is 2.59. The summed E-state index contributed by atoms with van der Waals surface area (Å²) in [6.07, 6.45) is 2.81. The molecule has 0 amide bonds. The Labute approximate surface area is 122 Å². The summed E-state index contributed by atoms with van der Waals surface area (Å²) in [4.78, 5) is 7.63. The van der Waals surface area contributed by atoms with Crippen LogP contribution < -0.4 is 10.1 Å². The molecule has 1 aromatic heterocycles. The second kappa shape index (κ2) is 5.83. The van der Waals surface area contributed by atoms with Crippen LogP contribution in [0.15, 0.2) is 24.4 Å². The summed E-state index contributed by atoms with van der Waals surface area (Å²) in [5.41, 5.74) is 1.53. The number of nitrogens with one attached hydrogen (secondary N) is 2. The van der Waals surface area contributed by atoms with Gasteiger partial charge in [-0.15, -0.1) is 0 Å². The Morgan fingerprint density at radius 1 is 1.33 bits per heavy atom. The van der Waals surface area contributed by atoms with E-state index in [0.717, 1.165) is 30.0 Å². The van der Waals surface area contributed by atoms with Gasteiger partial charge in [-0.2, -0.15) is 0 Å². The first kappa shape index (κ1) is 14.0. The fourth-order valence-corrected chi connectivity index (χ4v) is 2.59. The number of halogens is 1. The molecule has 0 spiro atoms. The Morgan fingerprint density at radius 2 is 2.19 bits per heavy atom. The highest BCUT2D eigenvalue weighted by atomic mass is 19.1. The molecular weight excluding hydrogens is 273 g/mol. The van der Waals surface area contributed by atoms with Crippen molar-refractivity contribution in [2.45, 2.75) is 18.6 Å². The van der Waals surface area contributed by atoms with Crippen LogP contribution >= 0.6 is 0 Å². The summed E-state index contributed by atoms with van der Waals surface area (Å²) >= 11 is 0. The lowest BCUT2D eigenvalue weighted by atomic mass is 10.1. The van der Waals surface area contributed by atoms with Crippen molar-refractivity contribution in [2.75, 3.05) is 20.8 Å². The van der Waals surface area contributed by atoms with Crippen molar-refractivity contribution in [3.63, 3.8) is 0 Å². The lowest BCUT2D eigenvalue weighted by Gasteiger charge is -2.07. The zero-order valence-electron chi connectivity index (χ0n) is 12.0. The first-order valence-corrected chi connectivity index (χ1v) is 6.86. The van der Waals surface area contributed by atoms with E-state index in [-0.39, 0.29) is 23.7 Å². The topological polar surface area (TPSA) is 59.2 Å². The maximum Gasteiger partial charge on any atom is 0.165 e. The molecule has 1 aliphatic heterocycles. The maximum atomic E-state index is 13.8. The van der Waals surface area contributed by atoms with Crippen molar-refractivity contribution in [1.29, 1.82) is 0 Å². The summed E-state index contributed by atoms with van der Waals surface area (Å²) in [5, 5.41) is 3.36. The van der Waals surface area contributed by atoms with Gasteiger partial charge in [-0.05, 0) is 24.6 Å². The molecule has 0 aliphatic carbocycles. The highest BCUT2D eigenvalue weighted by Crippen LogP contribution is 2.27. The third-order valence-corrected chi connectivity index (χ3v) is 3.81. The molecule has 0 radical (unpaired) electrons. The van der Waals surface area contributed by atoms with E-state index in [2.05, 4.69) is 15.3 Å². The quantitative estimate of drug-likeness (QED) is 0.907. The molecule has 3 rings (SSSR count). The van der Waals surface area contributed by atoms with E-state index in [1.165, 1.54) is 13.2 Å². The molecule has 1 aromatic carbocycles. The molecule has 1 fully saturated rings. The zero-order valence-corrected chi connectivity index (χ0v) is 12.0. The number of ether oxygens (including phenoxy) is 2. The minimum absolute atomic E-state index is 0.145. The van der Waals surface area contributed by atoms with Crippen LogP contribution in [-0.2, 0) is 4.74 Å². The SMILES string of the molecule is COc1ccc(-c2cnc(C3CC(OC)CN3)[nH]2)cc1F. The maximum absolute atomic E-state index is 13.8. The van der Waals surface area contributed by atoms with E-state index in [1.54, 1.807) is 25.4 Å². The predicted octanol–water partition coefficient (Wildman–Crippen LogP) is 2.27. The number of aromatic amines is 1. The number of methoxy groups -OCH3 is 2. The Bertz CT molecular complexity index is 629. The molecule has 2 heterocycles. The number of nitrogens with zero attached hydrogens (tertiary/aromatic N) is 1. The van der Waals surface area contributed by atoms with Gasteiger partial charge in [-0.1, -0.05) is 0 Å². The summed E-state index contributed by atoms with van der Waals surface area (Å²) < 4.78 is 24.0. The lowest BCUT2D eigenvalue weighted by molar-refractivity contribution is 0.117. The lowest BCUT2D eigenvalue weighted by Crippen LogP contribution is -2.16. The monoisotopic (exact) mass is 291 g/mol. The standard InChI is InChI=1S/C15H18FN3O2/c1-20-10-6-12(17-7-10)15-18-8-13(19-15)9-3-4-14(21-2)11(16)5-9/h3-5,8,10,12,17H,6-7H2,1-2H3,(H,18,19). The van der Waals surface area contributed by atoms with Gasteiger partial charge in [0.2, 0.25) is 0 Å². The second-order valence-corrected chi connectivity index (χ2v) is 5.09. The van der Waals surface area contributed by atoms with Crippen molar-refractivity contribution in [1.82, 2.24) is 15.3 Å². The smallest absolute Gasteiger partial charge is 0.165 e. The van der Waals surface area contributed by atoms with Gasteiger partial charge in [0, 0.05) is 19.2 Å². The van der Waals surface area contributed by atoms with Crippen LogP contribution in [0.5, 0.6) is 5.75 Å². The van der Waals surface area contributed by atoms with Crippen LogP contribution in [0.1, 0.15) is 18.3 Å². The molecule has 2 aromatic rings. The Hall–Kier alpha value is -1.92. The minimum atomic E-state index is -0.385. The molecule has 112 valence electrons. The van der Waals surface area contributed by atoms with Gasteiger partial charge in [0.25, 0.3) is 0 Å². The van der Waals surface area contributed by atoms with E-state index in [9.17, 15) is 4.39 Å². The molecule has 1 saturated heterocycles. The van der Waals surface area contributed by atoms with Crippen molar-refractivity contribution < 1.29 is 13.9 Å². The van der Waals surface area contributed by atoms with Gasteiger partial charge in [0.15, 0.2) is 11.6 Å². The van der Waals surface area contributed by atoms with Crippen molar-refractivity contribution in [2.24, 2.45) is 0 Å². The predicted molar refractivity (Wildman–Crippen MR) is 76.7 cm³/mol. The normalized spacial score (nSPS) is 21.7. The molecule has 2 unspecified atom stereocenters. The molecule has 2 N–H and O–H groups in total. The average Bonchev–Trinajstić information content (AvgIpc) is 3.15. The van der Waals surface area contributed by atoms with E-state index >= 15 is 0 Å². The summed E-state index contributed by atoms with van der Waals surface area (Å²) in [6, 6.07) is 5.00. The zero-order chi connectivity index (χ0) is 14.8. The molecule has 21 heavy (non-hydrogen) atoms. The number of hydrogen-bond donors (Lipinski definition) is 2. The van der Waals surface area contributed by atoms with Crippen molar-refractivity contribution in [3.8, 4) is 17.0 Å². The van der Waals surface area contributed by atoms with E-state index in [0.29, 0.717) is 0 Å². The molecule has 6 heteroatoms. The Morgan fingerprint density at radius 3 is 2.86 bits per heavy atom. The van der Waals surface area contributed by atoms with E-state index < -0.39 is 0 Å². The first-order valence-electron chi connectivity index (χ1n) is 6.86. The number of aromatic nitrogens is 2. The molecule has 5 nitrogen and oxygen atoms in total. The average molecular weight is 291 g/mol. The Balaban J connectivity index is 1.80. The molecular formula is C15H18FN3O2. The summed E-state index contributed by atoms with van der Waals surface area (Å²) in [6.45, 7) is 0.814. The van der Waals surface area contributed by atoms with Gasteiger partial charge in [-0.3, -0.25) is 0 Å². The van der Waals surface area contributed by atoms with Crippen LogP contribution in [-0.4, -0.2) is 36.8 Å². The van der Waals surface area contributed by atoms with Crippen molar-refractivity contribution in [3.05, 3.63) is 36.0 Å². The third kappa shape index (κ3) is 2.77. The fraction of sp³-hybridized carbons (Fsp3) is 0.400. The van der Waals surface area contributed by atoms with Gasteiger partial charge in [0.1, 0.15) is 5.82 Å². The van der Waals surface area contributed by atoms with Gasteiger partial charge < -0.3 is 19.8 Å². The van der Waals surface area contributed by atoms with E-state index in [1.807, 2.05) is 0 Å². The van der Waals surface area contributed by atoms with E-state index in [4.69, 9.17) is 9.47 Å². The van der Waals surface area contributed by atoms with Gasteiger partial charge in [0.05, 0.1) is 31.1 Å². The van der Waals surface area contributed by atoms with Crippen molar-refractivity contribution >= 4 is 0 Å². The number of benzene rings is 1. The van der Waals surface area contributed by atoms with Crippen LogP contribution in [0.4, 0.5) is 4.39 Å². The van der Waals surface area contributed by atoms with Gasteiger partial charge >= 0.3 is 0 Å². The third-order valence-electron chi connectivity index (χ3n) is 3.81. The number of hydrogen-bond acceptors (Lipinski definition) is 4. The van der Waals surface area contributed by atoms with Crippen LogP contribution in [0.3, 0.4) is 0 Å². The number of H-pyrrole nitrogens is 1. The first-order chi connectivity index (χ1) is 10.2. The second-order valence-electron chi connectivity index (χ2n) is 5.09. The van der Waals surface area contributed by atoms with Gasteiger partial charge in [-0.25, -0.2) is 9.37 Å². The minimum Gasteiger partial charge on any atom is -0.494 e. The molecule has 2 atom stereocenters.